The van der Waals surface area contributed by atoms with Gasteiger partial charge in [0, 0.05) is 25.2 Å². The Labute approximate surface area is 138 Å². The molecular formula is C14H21N5O5. The summed E-state index contributed by atoms with van der Waals surface area (Å²) in [5.41, 5.74) is 0.554. The van der Waals surface area contributed by atoms with Crippen molar-refractivity contribution in [3.05, 3.63) is 18.2 Å². The fraction of sp³-hybridized carbons (Fsp3) is 0.500. The number of aromatic amines is 1. The van der Waals surface area contributed by atoms with Gasteiger partial charge in [0.25, 0.3) is 0 Å². The van der Waals surface area contributed by atoms with Crippen LogP contribution in [0, 0.1) is 0 Å². The van der Waals surface area contributed by atoms with Crippen molar-refractivity contribution in [2.75, 3.05) is 0 Å². The predicted octanol–water partition coefficient (Wildman–Crippen LogP) is -1.45. The number of hydrogen-bond donors (Lipinski definition) is 5. The zero-order valence-corrected chi connectivity index (χ0v) is 13.6. The van der Waals surface area contributed by atoms with E-state index in [0.717, 1.165) is 0 Å². The summed E-state index contributed by atoms with van der Waals surface area (Å²) < 4.78 is 0. The number of aromatic nitrogens is 2. The van der Waals surface area contributed by atoms with Gasteiger partial charge in [-0.3, -0.25) is 14.4 Å². The highest BCUT2D eigenvalue weighted by Crippen LogP contribution is 2.00. The highest BCUT2D eigenvalue weighted by molar-refractivity contribution is 5.92. The van der Waals surface area contributed by atoms with Gasteiger partial charge in [0.05, 0.1) is 6.33 Å². The first-order chi connectivity index (χ1) is 11.2. The van der Waals surface area contributed by atoms with E-state index >= 15 is 0 Å². The smallest absolute Gasteiger partial charge is 0.326 e. The number of rotatable bonds is 8. The zero-order chi connectivity index (χ0) is 18.3. The van der Waals surface area contributed by atoms with Crippen molar-refractivity contribution in [2.45, 2.75) is 45.3 Å². The summed E-state index contributed by atoms with van der Waals surface area (Å²) in [4.78, 5) is 52.6. The van der Waals surface area contributed by atoms with Gasteiger partial charge < -0.3 is 26.0 Å². The fourth-order valence-corrected chi connectivity index (χ4v) is 1.89. The van der Waals surface area contributed by atoms with Gasteiger partial charge in [-0.05, 0) is 13.8 Å². The molecule has 3 atom stereocenters. The number of carbonyl (C=O) groups is 4. The minimum absolute atomic E-state index is 0.0318. The van der Waals surface area contributed by atoms with Gasteiger partial charge in [-0.15, -0.1) is 0 Å². The van der Waals surface area contributed by atoms with E-state index < -0.39 is 35.9 Å². The summed E-state index contributed by atoms with van der Waals surface area (Å²) >= 11 is 0. The van der Waals surface area contributed by atoms with Crippen LogP contribution in [0.5, 0.6) is 0 Å². The lowest BCUT2D eigenvalue weighted by atomic mass is 10.1. The Balaban J connectivity index is 2.58. The number of H-pyrrole nitrogens is 1. The van der Waals surface area contributed by atoms with Gasteiger partial charge in [0.15, 0.2) is 0 Å². The van der Waals surface area contributed by atoms with Crippen LogP contribution in [0.2, 0.25) is 0 Å². The van der Waals surface area contributed by atoms with Gasteiger partial charge in [-0.2, -0.15) is 0 Å². The maximum Gasteiger partial charge on any atom is 0.326 e. The quantitative estimate of drug-likeness (QED) is 0.390. The molecular weight excluding hydrogens is 318 g/mol. The number of nitrogens with one attached hydrogen (secondary N) is 4. The first kappa shape index (κ1) is 19.1. The van der Waals surface area contributed by atoms with Crippen LogP contribution in [0.3, 0.4) is 0 Å². The monoisotopic (exact) mass is 339 g/mol. The maximum absolute atomic E-state index is 12.1. The van der Waals surface area contributed by atoms with Crippen LogP contribution in [0.25, 0.3) is 0 Å². The summed E-state index contributed by atoms with van der Waals surface area (Å²) in [6.45, 7) is 4.16. The van der Waals surface area contributed by atoms with E-state index in [4.69, 9.17) is 0 Å². The second-order valence-electron chi connectivity index (χ2n) is 5.33. The number of aliphatic carboxylic acids is 1. The van der Waals surface area contributed by atoms with Crippen molar-refractivity contribution in [2.24, 2.45) is 0 Å². The van der Waals surface area contributed by atoms with Gasteiger partial charge in [0.1, 0.15) is 18.1 Å². The molecule has 0 radical (unpaired) electrons. The molecule has 0 aliphatic heterocycles. The van der Waals surface area contributed by atoms with E-state index in [2.05, 4.69) is 25.9 Å². The SMILES string of the molecule is CC(=O)NC(C)C(=O)NC(C)C(=O)NC(Cc1cnc[nH]1)C(=O)O. The van der Waals surface area contributed by atoms with Crippen LogP contribution in [0.4, 0.5) is 0 Å². The Morgan fingerprint density at radius 2 is 1.71 bits per heavy atom. The van der Waals surface area contributed by atoms with E-state index in [9.17, 15) is 24.3 Å². The van der Waals surface area contributed by atoms with Crippen molar-refractivity contribution in [3.63, 3.8) is 0 Å². The molecule has 3 amide bonds. The Morgan fingerprint density at radius 1 is 1.12 bits per heavy atom. The second-order valence-corrected chi connectivity index (χ2v) is 5.33. The first-order valence-electron chi connectivity index (χ1n) is 7.28. The molecule has 0 spiro atoms. The second kappa shape index (κ2) is 8.65. The molecule has 0 aliphatic carbocycles. The molecule has 0 fully saturated rings. The molecule has 10 heteroatoms. The standard InChI is InChI=1S/C14H21N5O5/c1-7(17-9(3)20)12(21)18-8(2)13(22)19-11(14(23)24)4-10-5-15-6-16-10/h5-8,11H,4H2,1-3H3,(H,15,16)(H,17,20)(H,18,21)(H,19,22)(H,23,24). The molecule has 1 heterocycles. The van der Waals surface area contributed by atoms with Crippen molar-refractivity contribution in [3.8, 4) is 0 Å². The highest BCUT2D eigenvalue weighted by Gasteiger charge is 2.25. The topological polar surface area (TPSA) is 153 Å². The molecule has 0 aliphatic rings. The molecule has 24 heavy (non-hydrogen) atoms. The van der Waals surface area contributed by atoms with Gasteiger partial charge in [-0.25, -0.2) is 9.78 Å². The fourth-order valence-electron chi connectivity index (χ4n) is 1.89. The molecule has 0 saturated heterocycles. The lowest BCUT2D eigenvalue weighted by molar-refractivity contribution is -0.142. The van der Waals surface area contributed by atoms with Crippen molar-refractivity contribution < 1.29 is 24.3 Å². The summed E-state index contributed by atoms with van der Waals surface area (Å²) in [7, 11) is 0. The summed E-state index contributed by atoms with van der Waals surface area (Å²) in [5, 5.41) is 16.3. The van der Waals surface area contributed by atoms with E-state index in [1.807, 2.05) is 0 Å². The van der Waals surface area contributed by atoms with Crippen LogP contribution < -0.4 is 16.0 Å². The lowest BCUT2D eigenvalue weighted by Gasteiger charge is -2.20. The lowest BCUT2D eigenvalue weighted by Crippen LogP contribution is -2.54. The number of amides is 3. The molecule has 0 bridgehead atoms. The number of carboxylic acid groups (broad SMARTS) is 1. The van der Waals surface area contributed by atoms with Gasteiger partial charge in [-0.1, -0.05) is 0 Å². The largest absolute Gasteiger partial charge is 0.480 e. The number of carboxylic acids is 1. The maximum atomic E-state index is 12.1. The molecule has 132 valence electrons. The average Bonchev–Trinajstić information content (AvgIpc) is 2.98. The molecule has 3 unspecified atom stereocenters. The van der Waals surface area contributed by atoms with E-state index in [1.54, 1.807) is 0 Å². The zero-order valence-electron chi connectivity index (χ0n) is 13.6. The third kappa shape index (κ3) is 6.07. The van der Waals surface area contributed by atoms with Crippen LogP contribution in [-0.2, 0) is 25.6 Å². The summed E-state index contributed by atoms with van der Waals surface area (Å²) in [5.74, 6) is -2.78. The normalized spacial score (nSPS) is 14.1. The Hall–Kier alpha value is -2.91. The number of imidazole rings is 1. The summed E-state index contributed by atoms with van der Waals surface area (Å²) in [6.07, 6.45) is 2.90. The Kier molecular flexibility index (Phi) is 6.90. The van der Waals surface area contributed by atoms with Gasteiger partial charge in [0.2, 0.25) is 17.7 Å². The number of nitrogens with zero attached hydrogens (tertiary/aromatic N) is 1. The molecule has 0 aromatic carbocycles. The Bertz CT molecular complexity index is 601. The van der Waals surface area contributed by atoms with E-state index in [0.29, 0.717) is 5.69 Å². The van der Waals surface area contributed by atoms with Crippen LogP contribution in [-0.4, -0.2) is 56.9 Å². The van der Waals surface area contributed by atoms with Crippen LogP contribution >= 0.6 is 0 Å². The predicted molar refractivity (Wildman–Crippen MR) is 82.7 cm³/mol. The minimum Gasteiger partial charge on any atom is -0.480 e. The molecule has 1 rings (SSSR count). The van der Waals surface area contributed by atoms with E-state index in [-0.39, 0.29) is 12.3 Å². The molecule has 1 aromatic heterocycles. The molecule has 5 N–H and O–H groups in total. The average molecular weight is 339 g/mol. The molecule has 0 saturated carbocycles. The summed E-state index contributed by atoms with van der Waals surface area (Å²) in [6, 6.07) is -2.93. The highest BCUT2D eigenvalue weighted by atomic mass is 16.4. The Morgan fingerprint density at radius 3 is 2.21 bits per heavy atom. The van der Waals surface area contributed by atoms with Crippen molar-refractivity contribution in [1.29, 1.82) is 0 Å². The third-order valence-corrected chi connectivity index (χ3v) is 3.16. The van der Waals surface area contributed by atoms with Crippen molar-refractivity contribution >= 4 is 23.7 Å². The van der Waals surface area contributed by atoms with Crippen LogP contribution in [0.15, 0.2) is 12.5 Å². The van der Waals surface area contributed by atoms with Crippen molar-refractivity contribution in [1.82, 2.24) is 25.9 Å². The molecule has 1 aromatic rings. The van der Waals surface area contributed by atoms with Crippen LogP contribution in [0.1, 0.15) is 26.5 Å². The number of carbonyl (C=O) groups excluding carboxylic acids is 3. The minimum atomic E-state index is -1.21. The van der Waals surface area contributed by atoms with Gasteiger partial charge >= 0.3 is 5.97 Å². The molecule has 10 nitrogen and oxygen atoms in total. The third-order valence-electron chi connectivity index (χ3n) is 3.16. The number of hydrogen-bond acceptors (Lipinski definition) is 5. The first-order valence-corrected chi connectivity index (χ1v) is 7.28. The van der Waals surface area contributed by atoms with E-state index in [1.165, 1.54) is 33.3 Å².